The van der Waals surface area contributed by atoms with E-state index in [-0.39, 0.29) is 24.8 Å². The number of allylic oxidation sites excluding steroid dienone is 4. The number of rotatable bonds is 2. The standard InChI is InChI=1S/C13H9.C8H13Si.C8H8.2ClH.Zr/c1-3-7-12-10(5-1)9-11-6-2-4-8-13(11)12;1-9(2,3)8-6-4-5-7-8;1-2-8-6-4-3-5-7-8;;;/h1-5,7-8H,9H2;6-7H,4H2,1-3H3;3-7H,1H3;2*1H;/q2*-1;;;;+2. The summed E-state index contributed by atoms with van der Waals surface area (Å²) >= 11 is 1.51. The average molecular weight is 571 g/mol. The molecule has 0 heterocycles. The Morgan fingerprint density at radius 1 is 0.848 bits per heavy atom. The minimum absolute atomic E-state index is 0. The number of benzene rings is 3. The van der Waals surface area contributed by atoms with Crippen molar-refractivity contribution in [1.29, 1.82) is 0 Å². The van der Waals surface area contributed by atoms with Crippen molar-refractivity contribution in [3.05, 3.63) is 119 Å². The summed E-state index contributed by atoms with van der Waals surface area (Å²) in [4.78, 5) is 0. The van der Waals surface area contributed by atoms with E-state index < -0.39 is 8.07 Å². The van der Waals surface area contributed by atoms with Gasteiger partial charge in [-0.25, -0.2) is 11.3 Å². The van der Waals surface area contributed by atoms with E-state index in [0.717, 1.165) is 12.8 Å². The molecule has 2 aliphatic rings. The fraction of sp³-hybridized carbons (Fsp3) is 0.207. The first-order chi connectivity index (χ1) is 14.9. The summed E-state index contributed by atoms with van der Waals surface area (Å²) in [7, 11) is -0.981. The van der Waals surface area contributed by atoms with Gasteiger partial charge in [0.25, 0.3) is 0 Å². The number of fused-ring (bicyclic) bond motifs is 3. The van der Waals surface area contributed by atoms with Crippen LogP contribution in [-0.2, 0) is 30.7 Å². The summed E-state index contributed by atoms with van der Waals surface area (Å²) in [6.45, 7) is 9.25. The smallest absolute Gasteiger partial charge is 0.0114 e. The molecule has 3 aromatic carbocycles. The Labute approximate surface area is 228 Å². The summed E-state index contributed by atoms with van der Waals surface area (Å²) in [5.41, 5.74) is 6.88. The third-order valence-corrected chi connectivity index (χ3v) is 8.18. The molecular formula is C29H32Cl2SiZr. The molecule has 0 atom stereocenters. The zero-order valence-electron chi connectivity index (χ0n) is 19.8. The van der Waals surface area contributed by atoms with Crippen molar-refractivity contribution in [3.63, 3.8) is 0 Å². The molecule has 0 unspecified atom stereocenters. The first-order valence-electron chi connectivity index (χ1n) is 10.8. The molecule has 4 heteroatoms. The van der Waals surface area contributed by atoms with Gasteiger partial charge in [-0.15, -0.1) is 36.8 Å². The van der Waals surface area contributed by atoms with Gasteiger partial charge in [0.15, 0.2) is 0 Å². The quantitative estimate of drug-likeness (QED) is 0.168. The monoisotopic (exact) mass is 568 g/mol. The maximum atomic E-state index is 3.30. The largest absolute Gasteiger partial charge is 0.273 e. The molecule has 0 saturated heterocycles. The summed E-state index contributed by atoms with van der Waals surface area (Å²) in [6, 6.07) is 28.6. The molecule has 0 aromatic heterocycles. The predicted molar refractivity (Wildman–Crippen MR) is 148 cm³/mol. The van der Waals surface area contributed by atoms with E-state index in [4.69, 9.17) is 0 Å². The summed E-state index contributed by atoms with van der Waals surface area (Å²) in [5.74, 6) is 0. The molecule has 3 aromatic rings. The summed E-state index contributed by atoms with van der Waals surface area (Å²) < 4.78 is 1.46. The van der Waals surface area contributed by atoms with E-state index in [1.165, 1.54) is 55.3 Å². The van der Waals surface area contributed by atoms with Crippen LogP contribution >= 0.6 is 24.8 Å². The molecular weight excluding hydrogens is 539 g/mol. The normalized spacial score (nSPS) is 12.4. The van der Waals surface area contributed by atoms with Crippen molar-refractivity contribution in [2.75, 3.05) is 0 Å². The van der Waals surface area contributed by atoms with E-state index in [1.807, 2.05) is 12.1 Å². The Bertz CT molecular complexity index is 1050. The van der Waals surface area contributed by atoms with Gasteiger partial charge in [0.05, 0.1) is 0 Å². The van der Waals surface area contributed by atoms with Crippen LogP contribution in [0, 0.1) is 12.1 Å². The van der Waals surface area contributed by atoms with Gasteiger partial charge in [-0.1, -0.05) is 55.0 Å². The molecule has 0 fully saturated rings. The van der Waals surface area contributed by atoms with E-state index in [0.29, 0.717) is 0 Å². The van der Waals surface area contributed by atoms with Gasteiger partial charge < -0.3 is 0 Å². The molecule has 0 aliphatic heterocycles. The van der Waals surface area contributed by atoms with Crippen molar-refractivity contribution in [2.24, 2.45) is 0 Å². The van der Waals surface area contributed by atoms with Crippen LogP contribution in [0.2, 0.25) is 19.6 Å². The van der Waals surface area contributed by atoms with Gasteiger partial charge in [-0.05, 0) is 14.5 Å². The van der Waals surface area contributed by atoms with E-state index in [9.17, 15) is 0 Å². The van der Waals surface area contributed by atoms with Crippen LogP contribution < -0.4 is 0 Å². The summed E-state index contributed by atoms with van der Waals surface area (Å²) in [5, 5.41) is 1.56. The van der Waals surface area contributed by atoms with E-state index >= 15 is 0 Å². The first-order valence-corrected chi connectivity index (χ1v) is 15.5. The predicted octanol–water partition coefficient (Wildman–Crippen LogP) is 8.23. The second-order valence-corrected chi connectivity index (χ2v) is 15.8. The van der Waals surface area contributed by atoms with Crippen molar-refractivity contribution < 1.29 is 24.2 Å². The number of hydrogen-bond acceptors (Lipinski definition) is 0. The molecule has 0 nitrogen and oxygen atoms in total. The second-order valence-electron chi connectivity index (χ2n) is 8.85. The van der Waals surface area contributed by atoms with Gasteiger partial charge in [-0.3, -0.25) is 6.08 Å². The van der Waals surface area contributed by atoms with E-state index in [2.05, 4.69) is 112 Å². The van der Waals surface area contributed by atoms with Crippen LogP contribution in [0.1, 0.15) is 30.0 Å². The van der Waals surface area contributed by atoms with Gasteiger partial charge in [0.2, 0.25) is 0 Å². The molecule has 0 bridgehead atoms. The zero-order valence-corrected chi connectivity index (χ0v) is 24.9. The summed E-state index contributed by atoms with van der Waals surface area (Å²) in [6.07, 6.45) is 9.74. The SMILES string of the molecule is C[C](=[Zr+2])c1ccccc1.C[Si](C)(C)C1=CC[C-]=C1.Cl.Cl.[c-]1cccc2c1Cc1ccccc1-2. The zero-order chi connectivity index (χ0) is 22.3. The van der Waals surface area contributed by atoms with Crippen LogP contribution in [-0.4, -0.2) is 11.3 Å². The molecule has 0 saturated carbocycles. The molecule has 0 spiro atoms. The molecule has 0 radical (unpaired) electrons. The maximum Gasteiger partial charge on any atom is -0.0114 e. The van der Waals surface area contributed by atoms with Crippen LogP contribution in [0.5, 0.6) is 0 Å². The third kappa shape index (κ3) is 8.76. The molecule has 2 aliphatic carbocycles. The second kappa shape index (κ2) is 14.2. The minimum atomic E-state index is -0.981. The maximum absolute atomic E-state index is 3.30. The van der Waals surface area contributed by atoms with E-state index in [1.54, 1.807) is 5.20 Å². The number of halogens is 2. The Morgan fingerprint density at radius 2 is 1.48 bits per heavy atom. The van der Waals surface area contributed by atoms with Gasteiger partial charge >= 0.3 is 70.3 Å². The number of hydrogen-bond donors (Lipinski definition) is 0. The Kier molecular flexibility index (Phi) is 12.8. The van der Waals surface area contributed by atoms with Gasteiger partial charge in [-0.2, -0.15) is 35.9 Å². The average Bonchev–Trinajstić information content (AvgIpc) is 3.43. The van der Waals surface area contributed by atoms with Crippen molar-refractivity contribution in [3.8, 4) is 11.1 Å². The Hall–Kier alpha value is -1.31. The van der Waals surface area contributed by atoms with Crippen LogP contribution in [0.25, 0.3) is 11.1 Å². The first kappa shape index (κ1) is 29.7. The third-order valence-electron chi connectivity index (χ3n) is 5.39. The van der Waals surface area contributed by atoms with Crippen molar-refractivity contribution in [2.45, 2.75) is 39.4 Å². The fourth-order valence-electron chi connectivity index (χ4n) is 3.61. The van der Waals surface area contributed by atoms with Crippen LogP contribution in [0.15, 0.2) is 90.1 Å². The Balaban J connectivity index is 0.000000247. The van der Waals surface area contributed by atoms with Crippen molar-refractivity contribution in [1.82, 2.24) is 0 Å². The Morgan fingerprint density at radius 3 is 2.03 bits per heavy atom. The fourth-order valence-corrected chi connectivity index (χ4v) is 5.26. The van der Waals surface area contributed by atoms with Crippen molar-refractivity contribution >= 4 is 36.1 Å². The van der Waals surface area contributed by atoms with Gasteiger partial charge in [0.1, 0.15) is 0 Å². The molecule has 0 amide bonds. The molecule has 5 rings (SSSR count). The van der Waals surface area contributed by atoms with Crippen LogP contribution in [0.3, 0.4) is 0 Å². The van der Waals surface area contributed by atoms with Crippen LogP contribution in [0.4, 0.5) is 0 Å². The molecule has 170 valence electrons. The molecule has 0 N–H and O–H groups in total. The van der Waals surface area contributed by atoms with Gasteiger partial charge in [0, 0.05) is 0 Å². The minimum Gasteiger partial charge on any atom is -0.273 e. The topological polar surface area (TPSA) is 0 Å². The molecule has 33 heavy (non-hydrogen) atoms.